The van der Waals surface area contributed by atoms with Gasteiger partial charge in [-0.25, -0.2) is 17.5 Å². The monoisotopic (exact) mass is 476 g/mol. The molecular weight excluding hydrogens is 459 g/mol. The molecule has 0 saturated carbocycles. The Labute approximate surface area is 193 Å². The van der Waals surface area contributed by atoms with E-state index in [0.29, 0.717) is 11.1 Å². The molecule has 5 rings (SSSR count). The van der Waals surface area contributed by atoms with E-state index in [0.717, 1.165) is 11.5 Å². The van der Waals surface area contributed by atoms with Gasteiger partial charge in [0.05, 0.1) is 16.0 Å². The second-order valence-corrected chi connectivity index (χ2v) is 9.37. The van der Waals surface area contributed by atoms with Crippen molar-refractivity contribution in [3.05, 3.63) is 103 Å². The number of pyridine rings is 1. The minimum absolute atomic E-state index is 0.0126. The summed E-state index contributed by atoms with van der Waals surface area (Å²) in [7, 11) is -3.93. The number of hydrogen-bond acceptors (Lipinski definition) is 6. The van der Waals surface area contributed by atoms with Crippen LogP contribution in [0.25, 0.3) is 16.7 Å². The normalized spacial score (nSPS) is 11.6. The number of furan rings is 1. The third-order valence-electron chi connectivity index (χ3n) is 5.21. The second kappa shape index (κ2) is 8.56. The summed E-state index contributed by atoms with van der Waals surface area (Å²) in [6.07, 6.45) is 6.21. The van der Waals surface area contributed by atoms with Gasteiger partial charge in [-0.2, -0.15) is 5.10 Å². The highest BCUT2D eigenvalue weighted by Gasteiger charge is 2.20. The quantitative estimate of drug-likeness (QED) is 0.398. The summed E-state index contributed by atoms with van der Waals surface area (Å²) in [4.78, 5) is 16.2. The molecule has 0 saturated heterocycles. The van der Waals surface area contributed by atoms with E-state index in [-0.39, 0.29) is 27.8 Å². The maximum absolute atomic E-state index is 14.5. The van der Waals surface area contributed by atoms with E-state index in [2.05, 4.69) is 15.4 Å². The molecule has 1 N–H and O–H groups in total. The predicted molar refractivity (Wildman–Crippen MR) is 121 cm³/mol. The number of halogens is 1. The van der Waals surface area contributed by atoms with Crippen molar-refractivity contribution in [3.63, 3.8) is 0 Å². The van der Waals surface area contributed by atoms with Gasteiger partial charge in [0.1, 0.15) is 11.5 Å². The molecule has 3 aromatic heterocycles. The predicted octanol–water partition coefficient (Wildman–Crippen LogP) is 3.92. The minimum atomic E-state index is -3.93. The van der Waals surface area contributed by atoms with Crippen molar-refractivity contribution < 1.29 is 22.0 Å². The molecule has 0 spiro atoms. The number of hydrogen-bond donors (Lipinski definition) is 1. The van der Waals surface area contributed by atoms with Crippen LogP contribution in [0.3, 0.4) is 0 Å². The lowest BCUT2D eigenvalue weighted by molar-refractivity contribution is 0.0925. The third kappa shape index (κ3) is 4.06. The van der Waals surface area contributed by atoms with E-state index in [9.17, 15) is 17.6 Å². The fraction of sp³-hybridized carbons (Fsp3) is 0.0417. The van der Waals surface area contributed by atoms with E-state index < -0.39 is 21.6 Å². The number of fused-ring (bicyclic) bond motifs is 1. The van der Waals surface area contributed by atoms with Gasteiger partial charge in [0.15, 0.2) is 11.3 Å². The number of aromatic nitrogens is 3. The van der Waals surface area contributed by atoms with Gasteiger partial charge in [0, 0.05) is 30.5 Å². The average molecular weight is 476 g/mol. The highest BCUT2D eigenvalue weighted by Crippen LogP contribution is 2.24. The van der Waals surface area contributed by atoms with Crippen molar-refractivity contribution >= 4 is 26.7 Å². The van der Waals surface area contributed by atoms with Crippen LogP contribution >= 0.6 is 0 Å². The van der Waals surface area contributed by atoms with Crippen LogP contribution in [0.5, 0.6) is 0 Å². The summed E-state index contributed by atoms with van der Waals surface area (Å²) in [5, 5.41) is 7.46. The fourth-order valence-corrected chi connectivity index (χ4v) is 4.71. The molecular formula is C24H17FN4O4S. The van der Waals surface area contributed by atoms with Crippen LogP contribution in [0.2, 0.25) is 0 Å². The molecule has 10 heteroatoms. The Morgan fingerprint density at radius 3 is 2.53 bits per heavy atom. The Hall–Kier alpha value is -4.31. The average Bonchev–Trinajstić information content (AvgIpc) is 3.53. The molecule has 3 heterocycles. The molecule has 8 nitrogen and oxygen atoms in total. The highest BCUT2D eigenvalue weighted by atomic mass is 32.2. The van der Waals surface area contributed by atoms with Crippen LogP contribution in [0.15, 0.2) is 99.7 Å². The highest BCUT2D eigenvalue weighted by molar-refractivity contribution is 7.91. The van der Waals surface area contributed by atoms with Gasteiger partial charge < -0.3 is 9.73 Å². The third-order valence-corrected chi connectivity index (χ3v) is 6.98. The number of sulfone groups is 1. The number of carbonyl (C=O) groups excluding carboxylic acids is 1. The molecule has 5 aromatic rings. The van der Waals surface area contributed by atoms with Crippen LogP contribution in [0.1, 0.15) is 16.1 Å². The summed E-state index contributed by atoms with van der Waals surface area (Å²) in [5.41, 5.74) is 1.34. The van der Waals surface area contributed by atoms with Crippen LogP contribution < -0.4 is 5.32 Å². The topological polar surface area (TPSA) is 107 Å². The Morgan fingerprint density at radius 1 is 1.03 bits per heavy atom. The van der Waals surface area contributed by atoms with Crippen LogP contribution in [-0.4, -0.2) is 29.1 Å². The number of nitrogens with zero attached hydrogens (tertiary/aromatic N) is 3. The number of amides is 1. The lowest BCUT2D eigenvalue weighted by atomic mass is 10.2. The first kappa shape index (κ1) is 21.5. The minimum Gasteiger partial charge on any atom is -0.449 e. The van der Waals surface area contributed by atoms with Crippen LogP contribution in [0.4, 0.5) is 4.39 Å². The summed E-state index contributed by atoms with van der Waals surface area (Å²) < 4.78 is 47.2. The Balaban J connectivity index is 1.29. The van der Waals surface area contributed by atoms with Crippen molar-refractivity contribution in [1.29, 1.82) is 0 Å². The van der Waals surface area contributed by atoms with Gasteiger partial charge >= 0.3 is 0 Å². The molecule has 0 atom stereocenters. The summed E-state index contributed by atoms with van der Waals surface area (Å²) in [6.45, 7) is 0.168. The van der Waals surface area contributed by atoms with Gasteiger partial charge in [-0.1, -0.05) is 12.1 Å². The van der Waals surface area contributed by atoms with Crippen LogP contribution in [-0.2, 0) is 16.4 Å². The van der Waals surface area contributed by atoms with E-state index in [1.807, 2.05) is 0 Å². The van der Waals surface area contributed by atoms with Gasteiger partial charge in [0.25, 0.3) is 5.91 Å². The Bertz CT molecular complexity index is 1560. The van der Waals surface area contributed by atoms with Crippen molar-refractivity contribution in [3.8, 4) is 5.69 Å². The van der Waals surface area contributed by atoms with Gasteiger partial charge in [-0.15, -0.1) is 0 Å². The standard InChI is InChI=1S/C24H17FN4O4S/c25-20-13-19(6-7-21(20)29-11-1-9-28-29)34(31,32)18-4-2-16(3-5-18)14-27-24(30)22-12-17-8-10-26-15-23(17)33-22/h1-13,15H,14H2,(H,27,30). The summed E-state index contributed by atoms with van der Waals surface area (Å²) in [6, 6.07) is 14.7. The largest absolute Gasteiger partial charge is 0.449 e. The Kier molecular flexibility index (Phi) is 5.42. The van der Waals surface area contributed by atoms with Gasteiger partial charge in [0.2, 0.25) is 9.84 Å². The SMILES string of the molecule is O=C(NCc1ccc(S(=O)(=O)c2ccc(-n3cccn3)c(F)c2)cc1)c1cc2ccncc2o1. The van der Waals surface area contributed by atoms with E-state index in [1.165, 1.54) is 41.3 Å². The maximum atomic E-state index is 14.5. The van der Waals surface area contributed by atoms with Crippen molar-refractivity contribution in [2.45, 2.75) is 16.3 Å². The zero-order valence-electron chi connectivity index (χ0n) is 17.6. The molecule has 34 heavy (non-hydrogen) atoms. The molecule has 0 aliphatic carbocycles. The van der Waals surface area contributed by atoms with E-state index in [1.54, 1.807) is 42.7 Å². The first-order chi connectivity index (χ1) is 16.4. The molecule has 0 unspecified atom stereocenters. The molecule has 0 bridgehead atoms. The lowest BCUT2D eigenvalue weighted by Gasteiger charge is -2.09. The molecule has 0 fully saturated rings. The molecule has 0 aliphatic heterocycles. The smallest absolute Gasteiger partial charge is 0.287 e. The fourth-order valence-electron chi connectivity index (χ4n) is 3.44. The number of rotatable bonds is 6. The molecule has 0 aliphatic rings. The summed E-state index contributed by atoms with van der Waals surface area (Å²) in [5.74, 6) is -0.950. The zero-order valence-corrected chi connectivity index (χ0v) is 18.4. The van der Waals surface area contributed by atoms with Crippen LogP contribution in [0, 0.1) is 5.82 Å². The second-order valence-electron chi connectivity index (χ2n) is 7.42. The summed E-state index contributed by atoms with van der Waals surface area (Å²) >= 11 is 0. The molecule has 1 amide bonds. The first-order valence-corrected chi connectivity index (χ1v) is 11.7. The maximum Gasteiger partial charge on any atom is 0.287 e. The molecule has 0 radical (unpaired) electrons. The zero-order chi connectivity index (χ0) is 23.7. The number of carbonyl (C=O) groups is 1. The first-order valence-electron chi connectivity index (χ1n) is 10.2. The molecule has 2 aromatic carbocycles. The molecule has 170 valence electrons. The number of nitrogens with one attached hydrogen (secondary N) is 1. The lowest BCUT2D eigenvalue weighted by Crippen LogP contribution is -2.22. The van der Waals surface area contributed by atoms with Gasteiger partial charge in [-0.05, 0) is 54.1 Å². The van der Waals surface area contributed by atoms with E-state index >= 15 is 0 Å². The van der Waals surface area contributed by atoms with Crippen molar-refractivity contribution in [1.82, 2.24) is 20.1 Å². The van der Waals surface area contributed by atoms with Crippen molar-refractivity contribution in [2.24, 2.45) is 0 Å². The van der Waals surface area contributed by atoms with E-state index in [4.69, 9.17) is 4.42 Å². The Morgan fingerprint density at radius 2 is 1.82 bits per heavy atom. The van der Waals surface area contributed by atoms with Gasteiger partial charge in [-0.3, -0.25) is 9.78 Å². The number of benzene rings is 2. The van der Waals surface area contributed by atoms with Crippen molar-refractivity contribution in [2.75, 3.05) is 0 Å².